The monoisotopic (exact) mass is 799 g/mol. The predicted octanol–water partition coefficient (Wildman–Crippen LogP) is 4.95. The number of amides is 1. The van der Waals surface area contributed by atoms with Crippen molar-refractivity contribution in [1.82, 2.24) is 19.5 Å². The van der Waals surface area contributed by atoms with Gasteiger partial charge in [-0.1, -0.05) is 36.7 Å². The van der Waals surface area contributed by atoms with Crippen molar-refractivity contribution in [1.29, 1.82) is 0 Å². The fourth-order valence-electron chi connectivity index (χ4n) is 9.39. The molecule has 302 valence electrons. The first-order valence-corrected chi connectivity index (χ1v) is 22.0. The number of aromatic nitrogens is 1. The summed E-state index contributed by atoms with van der Waals surface area (Å²) in [6.07, 6.45) is 9.85. The largest absolute Gasteiger partial charge is 0.485 e. The normalized spacial score (nSPS) is 31.3. The molecule has 7 rings (SSSR count). The van der Waals surface area contributed by atoms with E-state index in [1.165, 1.54) is 0 Å². The molecule has 0 unspecified atom stereocenters. The van der Waals surface area contributed by atoms with Gasteiger partial charge in [-0.2, -0.15) is 0 Å². The Morgan fingerprint density at radius 2 is 1.93 bits per heavy atom. The van der Waals surface area contributed by atoms with E-state index in [9.17, 15) is 13.2 Å². The average Bonchev–Trinajstić information content (AvgIpc) is 3.19. The first-order chi connectivity index (χ1) is 26.6. The van der Waals surface area contributed by atoms with Gasteiger partial charge in [0, 0.05) is 77.7 Å². The van der Waals surface area contributed by atoms with Gasteiger partial charge in [0.1, 0.15) is 17.9 Å². The first-order valence-electron chi connectivity index (χ1n) is 20.1. The second kappa shape index (κ2) is 17.8. The van der Waals surface area contributed by atoms with Crippen LogP contribution >= 0.6 is 11.6 Å². The molecule has 14 heteroatoms. The van der Waals surface area contributed by atoms with Crippen molar-refractivity contribution < 1.29 is 32.2 Å². The minimum atomic E-state index is -4.11. The van der Waals surface area contributed by atoms with Crippen LogP contribution in [0.25, 0.3) is 0 Å². The Morgan fingerprint density at radius 3 is 2.73 bits per heavy atom. The molecule has 4 aliphatic heterocycles. The van der Waals surface area contributed by atoms with Crippen LogP contribution in [0.1, 0.15) is 67.1 Å². The highest BCUT2D eigenvalue weighted by atomic mass is 35.5. The first kappa shape index (κ1) is 40.4. The molecular formula is C41H58ClN5O7S. The molecule has 2 saturated heterocycles. The molecule has 0 radical (unpaired) electrons. The molecule has 2 bridgehead atoms. The predicted molar refractivity (Wildman–Crippen MR) is 213 cm³/mol. The van der Waals surface area contributed by atoms with E-state index in [0.29, 0.717) is 48.7 Å². The Balaban J connectivity index is 1.27. The standard InChI is InChI=1S/C41H58ClN5O7S/c1-29-7-6-16-41(52-3,28-45-18-19-46-20-22-53-27-34(46)25-45)35-12-10-31(35)24-47-17-5-4-8-30-23-33(42)11-9-32(30)26-54-37-14-13-36(43-39(37)47)40(48)44-55(49,50)38(29)15-21-51-2/h6,9,11,13-14,16,23,29,31,34-35,38H,4-5,7-8,10,12,15,17-22,24-28H2,1-3H3,(H,44,48)/b16-6+/t29-,31-,34-,35+,38-,41+/m0/s1. The van der Waals surface area contributed by atoms with Crippen LogP contribution < -0.4 is 14.4 Å². The van der Waals surface area contributed by atoms with E-state index in [1.807, 2.05) is 32.2 Å². The van der Waals surface area contributed by atoms with Gasteiger partial charge in [-0.3, -0.25) is 14.6 Å². The van der Waals surface area contributed by atoms with Crippen molar-refractivity contribution in [3.63, 3.8) is 0 Å². The fraction of sp³-hybridized carbons (Fsp3) is 0.659. The lowest BCUT2D eigenvalue weighted by molar-refractivity contribution is -0.108. The van der Waals surface area contributed by atoms with Gasteiger partial charge in [-0.05, 0) is 98.1 Å². The molecule has 1 N–H and O–H groups in total. The van der Waals surface area contributed by atoms with Crippen LogP contribution in [0.2, 0.25) is 5.02 Å². The molecular weight excluding hydrogens is 742 g/mol. The number of aryl methyl sites for hydroxylation is 1. The number of hydrogen-bond acceptors (Lipinski definition) is 11. The van der Waals surface area contributed by atoms with E-state index < -0.39 is 26.8 Å². The number of methoxy groups -OCH3 is 2. The van der Waals surface area contributed by atoms with Crippen LogP contribution in [0.5, 0.6) is 5.75 Å². The molecule has 3 fully saturated rings. The summed E-state index contributed by atoms with van der Waals surface area (Å²) in [6.45, 7) is 10.0. The second-order valence-corrected chi connectivity index (χ2v) is 18.5. The van der Waals surface area contributed by atoms with Gasteiger partial charge in [0.2, 0.25) is 10.0 Å². The van der Waals surface area contributed by atoms with Crippen molar-refractivity contribution in [2.75, 3.05) is 84.8 Å². The minimum absolute atomic E-state index is 0.0327. The number of sulfonamides is 1. The highest BCUT2D eigenvalue weighted by Crippen LogP contribution is 2.46. The van der Waals surface area contributed by atoms with Crippen molar-refractivity contribution in [2.45, 2.75) is 75.4 Å². The maximum atomic E-state index is 14.0. The average molecular weight is 800 g/mol. The Labute approximate surface area is 331 Å². The summed E-state index contributed by atoms with van der Waals surface area (Å²) in [5.41, 5.74) is 1.66. The maximum Gasteiger partial charge on any atom is 0.283 e. The molecule has 12 nitrogen and oxygen atoms in total. The van der Waals surface area contributed by atoms with Gasteiger partial charge in [0.15, 0.2) is 11.6 Å². The quantitative estimate of drug-likeness (QED) is 0.400. The summed E-state index contributed by atoms with van der Waals surface area (Å²) in [6, 6.07) is 9.60. The molecule has 2 aromatic rings. The number of hydrogen-bond donors (Lipinski definition) is 1. The number of ether oxygens (including phenoxy) is 4. The van der Waals surface area contributed by atoms with Crippen molar-refractivity contribution >= 4 is 33.3 Å². The number of allylic oxidation sites excluding steroid dienone is 1. The second-order valence-electron chi connectivity index (χ2n) is 16.1. The zero-order chi connectivity index (χ0) is 38.6. The SMILES string of the molecule is COCC[C@H]1[C@@H](C)C/C=C/[C@](CN2CCN3CCOC[C@@H]3C2)(OC)[C@@H]2CC[C@H]2CN2CCCCc3cc(Cl)ccc3COc3ccc(nc32)C(=O)NS1(=O)=O. The minimum Gasteiger partial charge on any atom is -0.485 e. The zero-order valence-corrected chi connectivity index (χ0v) is 34.2. The lowest BCUT2D eigenvalue weighted by Crippen LogP contribution is -2.62. The fourth-order valence-corrected chi connectivity index (χ4v) is 11.2. The number of halogens is 1. The number of anilines is 1. The van der Waals surface area contributed by atoms with Crippen LogP contribution in [0.4, 0.5) is 5.82 Å². The van der Waals surface area contributed by atoms with Gasteiger partial charge in [-0.15, -0.1) is 0 Å². The molecule has 1 aliphatic carbocycles. The van der Waals surface area contributed by atoms with Crippen LogP contribution in [-0.2, 0) is 37.3 Å². The Kier molecular flexibility index (Phi) is 13.1. The molecule has 55 heavy (non-hydrogen) atoms. The van der Waals surface area contributed by atoms with E-state index in [0.717, 1.165) is 89.2 Å². The Bertz CT molecular complexity index is 1800. The number of benzene rings is 1. The Hall–Kier alpha value is -2.78. The van der Waals surface area contributed by atoms with Crippen LogP contribution in [0, 0.1) is 17.8 Å². The van der Waals surface area contributed by atoms with E-state index in [2.05, 4.69) is 31.6 Å². The van der Waals surface area contributed by atoms with Gasteiger partial charge in [0.05, 0.1) is 18.5 Å². The van der Waals surface area contributed by atoms with E-state index in [4.69, 9.17) is 35.5 Å². The molecule has 5 aliphatic rings. The van der Waals surface area contributed by atoms with Gasteiger partial charge >= 0.3 is 0 Å². The molecule has 1 aromatic carbocycles. The third kappa shape index (κ3) is 9.19. The highest BCUT2D eigenvalue weighted by molar-refractivity contribution is 7.90. The summed E-state index contributed by atoms with van der Waals surface area (Å²) in [5.74, 6) is 0.551. The molecule has 0 spiro atoms. The van der Waals surface area contributed by atoms with Crippen molar-refractivity contribution in [2.24, 2.45) is 17.8 Å². The van der Waals surface area contributed by atoms with Gasteiger partial charge in [0.25, 0.3) is 5.91 Å². The van der Waals surface area contributed by atoms with Crippen molar-refractivity contribution in [3.05, 3.63) is 64.3 Å². The van der Waals surface area contributed by atoms with E-state index in [-0.39, 0.29) is 36.5 Å². The number of morpholine rings is 1. The number of pyridine rings is 1. The summed E-state index contributed by atoms with van der Waals surface area (Å²) in [4.78, 5) is 26.1. The number of rotatable bonds is 6. The lowest BCUT2D eigenvalue weighted by Gasteiger charge is -2.52. The smallest absolute Gasteiger partial charge is 0.283 e. The van der Waals surface area contributed by atoms with Gasteiger partial charge in [-0.25, -0.2) is 18.1 Å². The summed E-state index contributed by atoms with van der Waals surface area (Å²) < 4.78 is 54.9. The number of carbonyl (C=O) groups is 1. The van der Waals surface area contributed by atoms with Crippen LogP contribution in [-0.4, -0.2) is 126 Å². The molecule has 6 atom stereocenters. The van der Waals surface area contributed by atoms with Crippen LogP contribution in [0.3, 0.4) is 0 Å². The van der Waals surface area contributed by atoms with Gasteiger partial charge < -0.3 is 23.8 Å². The van der Waals surface area contributed by atoms with E-state index >= 15 is 0 Å². The highest BCUT2D eigenvalue weighted by Gasteiger charge is 2.49. The topological polar surface area (TPSA) is 123 Å². The lowest BCUT2D eigenvalue weighted by atomic mass is 9.63. The third-order valence-corrected chi connectivity index (χ3v) is 14.9. The number of fused-ring (bicyclic) bond motifs is 4. The summed E-state index contributed by atoms with van der Waals surface area (Å²) in [5, 5.41) is -0.165. The number of nitrogens with one attached hydrogen (secondary N) is 1. The van der Waals surface area contributed by atoms with E-state index in [1.54, 1.807) is 19.2 Å². The third-order valence-electron chi connectivity index (χ3n) is 12.7. The number of piperazine rings is 1. The molecule has 1 saturated carbocycles. The zero-order valence-electron chi connectivity index (χ0n) is 32.6. The Morgan fingerprint density at radius 1 is 1.05 bits per heavy atom. The molecule has 5 heterocycles. The number of carbonyl (C=O) groups excluding carboxylic acids is 1. The number of nitrogens with zero attached hydrogens (tertiary/aromatic N) is 4. The molecule has 1 aromatic heterocycles. The maximum absolute atomic E-state index is 14.0. The van der Waals surface area contributed by atoms with Crippen LogP contribution in [0.15, 0.2) is 42.5 Å². The summed E-state index contributed by atoms with van der Waals surface area (Å²) >= 11 is 6.41. The molecule has 1 amide bonds. The summed E-state index contributed by atoms with van der Waals surface area (Å²) in [7, 11) is -0.724. The van der Waals surface area contributed by atoms with Crippen molar-refractivity contribution in [3.8, 4) is 5.75 Å².